The van der Waals surface area contributed by atoms with Crippen LogP contribution in [0.3, 0.4) is 0 Å². The predicted octanol–water partition coefficient (Wildman–Crippen LogP) is 2.85. The molecule has 3 N–H and O–H groups in total. The van der Waals surface area contributed by atoms with Crippen LogP contribution in [0.2, 0.25) is 0 Å². The Morgan fingerprint density at radius 2 is 2.11 bits per heavy atom. The molecule has 2 heterocycles. The Kier molecular flexibility index (Phi) is 6.41. The molecule has 0 aliphatic rings. The quantitative estimate of drug-likeness (QED) is 0.426. The molecule has 27 heavy (non-hydrogen) atoms. The normalized spacial score (nSPS) is 13.3. The Hall–Kier alpha value is -2.45. The van der Waals surface area contributed by atoms with Gasteiger partial charge in [-0.1, -0.05) is 37.2 Å². The molecule has 1 atom stereocenters. The number of hydrogen-bond donors (Lipinski definition) is 3. The lowest BCUT2D eigenvalue weighted by atomic mass is 10.2. The number of rotatable bonds is 7. The molecule has 0 spiro atoms. The van der Waals surface area contributed by atoms with Gasteiger partial charge in [0.15, 0.2) is 11.8 Å². The van der Waals surface area contributed by atoms with Crippen LogP contribution in [0.25, 0.3) is 10.1 Å². The lowest BCUT2D eigenvalue weighted by Gasteiger charge is -2.14. The van der Waals surface area contributed by atoms with Crippen LogP contribution in [0, 0.1) is 0 Å². The van der Waals surface area contributed by atoms with E-state index >= 15 is 0 Å². The number of aliphatic imine (C=N–C) groups is 1. The molecule has 3 rings (SSSR count). The third kappa shape index (κ3) is 5.05. The molecule has 1 aromatic carbocycles. The van der Waals surface area contributed by atoms with Gasteiger partial charge in [0.25, 0.3) is 0 Å². The molecule has 0 amide bonds. The van der Waals surface area contributed by atoms with Crippen LogP contribution in [0.1, 0.15) is 42.5 Å². The minimum absolute atomic E-state index is 0.250. The first-order valence-electron chi connectivity index (χ1n) is 9.00. The van der Waals surface area contributed by atoms with E-state index in [-0.39, 0.29) is 5.92 Å². The van der Waals surface area contributed by atoms with E-state index in [1.54, 1.807) is 18.4 Å². The summed E-state index contributed by atoms with van der Waals surface area (Å²) in [6, 6.07) is 10.2. The lowest BCUT2D eigenvalue weighted by Crippen LogP contribution is -2.40. The van der Waals surface area contributed by atoms with Gasteiger partial charge in [0.1, 0.15) is 6.10 Å². The zero-order chi connectivity index (χ0) is 19.2. The number of aromatic nitrogens is 2. The largest absolute Gasteiger partial charge is 0.386 e. The molecule has 0 fully saturated rings. The van der Waals surface area contributed by atoms with Crippen molar-refractivity contribution in [1.29, 1.82) is 0 Å². The van der Waals surface area contributed by atoms with Crippen molar-refractivity contribution in [2.45, 2.75) is 32.3 Å². The second-order valence-electron chi connectivity index (χ2n) is 6.53. The van der Waals surface area contributed by atoms with Crippen LogP contribution in [-0.4, -0.2) is 41.3 Å². The second-order valence-corrected chi connectivity index (χ2v) is 7.65. The molecule has 0 radical (unpaired) electrons. The van der Waals surface area contributed by atoms with Crippen molar-refractivity contribution < 1.29 is 9.63 Å². The van der Waals surface area contributed by atoms with Crippen LogP contribution in [0.4, 0.5) is 0 Å². The lowest BCUT2D eigenvalue weighted by molar-refractivity contribution is 0.184. The van der Waals surface area contributed by atoms with Crippen LogP contribution in [-0.2, 0) is 6.42 Å². The van der Waals surface area contributed by atoms with Crippen LogP contribution in [0.5, 0.6) is 0 Å². The molecule has 0 bridgehead atoms. The van der Waals surface area contributed by atoms with Gasteiger partial charge in [-0.25, -0.2) is 0 Å². The topological polar surface area (TPSA) is 95.6 Å². The highest BCUT2D eigenvalue weighted by atomic mass is 32.1. The van der Waals surface area contributed by atoms with E-state index in [1.165, 1.54) is 4.70 Å². The fraction of sp³-hybridized carbons (Fsp3) is 0.421. The highest BCUT2D eigenvalue weighted by Crippen LogP contribution is 2.29. The predicted molar refractivity (Wildman–Crippen MR) is 108 cm³/mol. The molecule has 2 aromatic heterocycles. The standard InChI is InChI=1S/C19H25N5O2S/c1-12(2)18-23-17(26-24-18)8-9-21-19(20-3)22-11-14(25)16-10-13-6-4-5-7-15(13)27-16/h4-7,10,12,14,25H,8-9,11H2,1-3H3,(H2,20,21,22). The Bertz CT molecular complexity index is 869. The van der Waals surface area contributed by atoms with Crippen molar-refractivity contribution in [3.05, 3.63) is 46.9 Å². The number of nitrogens with zero attached hydrogens (tertiary/aromatic N) is 3. The minimum Gasteiger partial charge on any atom is -0.386 e. The molecule has 7 nitrogen and oxygen atoms in total. The van der Waals surface area contributed by atoms with Crippen molar-refractivity contribution in [2.24, 2.45) is 4.99 Å². The number of aliphatic hydroxyl groups excluding tert-OH is 1. The monoisotopic (exact) mass is 387 g/mol. The molecular weight excluding hydrogens is 362 g/mol. The summed E-state index contributed by atoms with van der Waals surface area (Å²) in [5, 5.41) is 21.9. The maximum atomic E-state index is 10.5. The van der Waals surface area contributed by atoms with Gasteiger partial charge < -0.3 is 20.3 Å². The van der Waals surface area contributed by atoms with Gasteiger partial charge in [-0.15, -0.1) is 11.3 Å². The molecular formula is C19H25N5O2S. The zero-order valence-corrected chi connectivity index (χ0v) is 16.6. The van der Waals surface area contributed by atoms with Crippen LogP contribution >= 0.6 is 11.3 Å². The van der Waals surface area contributed by atoms with Gasteiger partial charge in [-0.3, -0.25) is 4.99 Å². The summed E-state index contributed by atoms with van der Waals surface area (Å²) >= 11 is 1.61. The molecule has 0 aliphatic heterocycles. The van der Waals surface area contributed by atoms with Gasteiger partial charge in [-0.05, 0) is 17.5 Å². The van der Waals surface area contributed by atoms with Gasteiger partial charge >= 0.3 is 0 Å². The van der Waals surface area contributed by atoms with E-state index in [4.69, 9.17) is 4.52 Å². The second kappa shape index (κ2) is 8.96. The fourth-order valence-corrected chi connectivity index (χ4v) is 3.62. The van der Waals surface area contributed by atoms with Gasteiger partial charge in [0.2, 0.25) is 5.89 Å². The summed E-state index contributed by atoms with van der Waals surface area (Å²) in [7, 11) is 1.70. The Balaban J connectivity index is 1.46. The Morgan fingerprint density at radius 3 is 2.81 bits per heavy atom. The van der Waals surface area contributed by atoms with E-state index in [2.05, 4.69) is 37.9 Å². The van der Waals surface area contributed by atoms with E-state index in [9.17, 15) is 5.11 Å². The third-order valence-corrected chi connectivity index (χ3v) is 5.31. The number of fused-ring (bicyclic) bond motifs is 1. The Labute approximate surface area is 162 Å². The van der Waals surface area contributed by atoms with E-state index in [1.807, 2.05) is 32.0 Å². The van der Waals surface area contributed by atoms with Gasteiger partial charge in [-0.2, -0.15) is 4.98 Å². The van der Waals surface area contributed by atoms with E-state index < -0.39 is 6.10 Å². The van der Waals surface area contributed by atoms with E-state index in [0.29, 0.717) is 31.4 Å². The number of hydrogen-bond acceptors (Lipinski definition) is 6. The van der Waals surface area contributed by atoms with Crippen molar-refractivity contribution in [2.75, 3.05) is 20.1 Å². The average Bonchev–Trinajstić information content (AvgIpc) is 3.31. The zero-order valence-electron chi connectivity index (χ0n) is 15.8. The Morgan fingerprint density at radius 1 is 1.30 bits per heavy atom. The number of nitrogens with one attached hydrogen (secondary N) is 2. The smallest absolute Gasteiger partial charge is 0.228 e. The molecule has 1 unspecified atom stereocenters. The van der Waals surface area contributed by atoms with Gasteiger partial charge in [0.05, 0.1) is 0 Å². The molecule has 0 aliphatic carbocycles. The minimum atomic E-state index is -0.592. The van der Waals surface area contributed by atoms with Crippen molar-refractivity contribution in [3.8, 4) is 0 Å². The summed E-state index contributed by atoms with van der Waals surface area (Å²) in [5.74, 6) is 2.20. The summed E-state index contributed by atoms with van der Waals surface area (Å²) in [4.78, 5) is 9.47. The number of thiophene rings is 1. The molecule has 3 aromatic rings. The van der Waals surface area contributed by atoms with Crippen LogP contribution in [0.15, 0.2) is 39.8 Å². The maximum Gasteiger partial charge on any atom is 0.228 e. The maximum absolute atomic E-state index is 10.5. The first kappa shape index (κ1) is 19.3. The SMILES string of the molecule is CN=C(NCCc1nc(C(C)C)no1)NCC(O)c1cc2ccccc2s1. The molecule has 8 heteroatoms. The van der Waals surface area contributed by atoms with Crippen molar-refractivity contribution >= 4 is 27.4 Å². The van der Waals surface area contributed by atoms with E-state index in [0.717, 1.165) is 16.1 Å². The van der Waals surface area contributed by atoms with Gasteiger partial charge in [0, 0.05) is 42.1 Å². The summed E-state index contributed by atoms with van der Waals surface area (Å²) < 4.78 is 6.40. The highest BCUT2D eigenvalue weighted by molar-refractivity contribution is 7.19. The first-order chi connectivity index (χ1) is 13.1. The summed E-state index contributed by atoms with van der Waals surface area (Å²) in [5.41, 5.74) is 0. The van der Waals surface area contributed by atoms with Crippen molar-refractivity contribution in [1.82, 2.24) is 20.8 Å². The first-order valence-corrected chi connectivity index (χ1v) is 9.82. The number of aliphatic hydroxyl groups is 1. The fourth-order valence-electron chi connectivity index (χ4n) is 2.57. The highest BCUT2D eigenvalue weighted by Gasteiger charge is 2.13. The molecule has 144 valence electrons. The summed E-state index contributed by atoms with van der Waals surface area (Å²) in [6.45, 7) is 5.05. The number of benzene rings is 1. The summed E-state index contributed by atoms with van der Waals surface area (Å²) in [6.07, 6.45) is 0.0183. The van der Waals surface area contributed by atoms with Crippen LogP contribution < -0.4 is 10.6 Å². The third-order valence-electron chi connectivity index (χ3n) is 4.09. The van der Waals surface area contributed by atoms with Crippen molar-refractivity contribution in [3.63, 3.8) is 0 Å². The molecule has 0 saturated heterocycles. The number of guanidine groups is 1. The molecule has 0 saturated carbocycles. The average molecular weight is 388 g/mol.